The number of aliphatic hydroxyl groups is 1. The molecule has 0 saturated carbocycles. The number of methoxy groups -OCH3 is 1. The van der Waals surface area contributed by atoms with Gasteiger partial charge in [-0.05, 0) is 44.4 Å². The second-order valence-corrected chi connectivity index (χ2v) is 7.94. The predicted molar refractivity (Wildman–Crippen MR) is 126 cm³/mol. The standard InChI is InChI=1S/C25H34F4N2O2/c1-8-10-11-12-20(19(5)18(4)15-26)24(32,25(27,28)29)21-13-17(3)22(14-23(21)33-7)30-16-31(6)9-2/h8,11-14,16,18,32H,1,9-10,15H2,2-7H3/b12-11-,20-19+,30-16?. The third kappa shape index (κ3) is 6.47. The molecule has 2 atom stereocenters. The lowest BCUT2D eigenvalue weighted by atomic mass is 9.79. The SMILES string of the molecule is C=CC/C=C\C(=C(\C)C(C)CF)C(O)(c1cc(C)c(N=CN(C)CC)cc1OC)C(F)(F)F. The molecule has 0 saturated heterocycles. The zero-order valence-electron chi connectivity index (χ0n) is 20.1. The quantitative estimate of drug-likeness (QED) is 0.133. The fourth-order valence-electron chi connectivity index (χ4n) is 3.16. The van der Waals surface area contributed by atoms with Gasteiger partial charge in [-0.15, -0.1) is 6.58 Å². The largest absolute Gasteiger partial charge is 0.496 e. The number of nitrogens with zero attached hydrogens (tertiary/aromatic N) is 2. The van der Waals surface area contributed by atoms with Crippen LogP contribution in [0.4, 0.5) is 23.2 Å². The zero-order valence-corrected chi connectivity index (χ0v) is 20.1. The monoisotopic (exact) mass is 470 g/mol. The van der Waals surface area contributed by atoms with E-state index < -0.39 is 35.5 Å². The number of halogens is 4. The summed E-state index contributed by atoms with van der Waals surface area (Å²) < 4.78 is 62.5. The lowest BCUT2D eigenvalue weighted by Crippen LogP contribution is -2.45. The van der Waals surface area contributed by atoms with Gasteiger partial charge in [0.25, 0.3) is 0 Å². The minimum Gasteiger partial charge on any atom is -0.496 e. The topological polar surface area (TPSA) is 45.1 Å². The number of alkyl halides is 4. The summed E-state index contributed by atoms with van der Waals surface area (Å²) >= 11 is 0. The van der Waals surface area contributed by atoms with Crippen LogP contribution >= 0.6 is 0 Å². The van der Waals surface area contributed by atoms with Crippen molar-refractivity contribution in [2.45, 2.75) is 45.9 Å². The van der Waals surface area contributed by atoms with Gasteiger partial charge in [0.1, 0.15) is 5.75 Å². The van der Waals surface area contributed by atoms with E-state index in [1.54, 1.807) is 18.2 Å². The van der Waals surface area contributed by atoms with Crippen LogP contribution < -0.4 is 4.74 Å². The number of aliphatic imine (C=N–C) groups is 1. The van der Waals surface area contributed by atoms with Gasteiger partial charge >= 0.3 is 6.18 Å². The normalized spacial score (nSPS) is 16.0. The van der Waals surface area contributed by atoms with E-state index in [0.717, 1.165) is 0 Å². The average molecular weight is 471 g/mol. The van der Waals surface area contributed by atoms with Gasteiger partial charge in [0.15, 0.2) is 0 Å². The van der Waals surface area contributed by atoms with Crippen LogP contribution in [0.1, 0.15) is 38.3 Å². The summed E-state index contributed by atoms with van der Waals surface area (Å²) in [4.78, 5) is 6.13. The second-order valence-electron chi connectivity index (χ2n) is 7.94. The first-order chi connectivity index (χ1) is 15.4. The minimum atomic E-state index is -5.12. The molecule has 0 radical (unpaired) electrons. The molecule has 0 aliphatic rings. The van der Waals surface area contributed by atoms with Crippen molar-refractivity contribution in [1.82, 2.24) is 4.90 Å². The van der Waals surface area contributed by atoms with Gasteiger partial charge in [-0.2, -0.15) is 13.2 Å². The predicted octanol–water partition coefficient (Wildman–Crippen LogP) is 6.42. The van der Waals surface area contributed by atoms with Crippen molar-refractivity contribution in [3.8, 4) is 5.75 Å². The summed E-state index contributed by atoms with van der Waals surface area (Å²) in [6.45, 7) is 9.79. The molecule has 2 unspecified atom stereocenters. The Morgan fingerprint density at radius 1 is 1.33 bits per heavy atom. The Balaban J connectivity index is 3.95. The second kappa shape index (κ2) is 12.0. The first-order valence-corrected chi connectivity index (χ1v) is 10.7. The van der Waals surface area contributed by atoms with E-state index in [1.807, 2.05) is 14.0 Å². The molecule has 0 aliphatic carbocycles. The number of allylic oxidation sites excluding steroid dienone is 3. The summed E-state index contributed by atoms with van der Waals surface area (Å²) in [7, 11) is 3.04. The first-order valence-electron chi connectivity index (χ1n) is 10.7. The molecule has 1 aromatic rings. The van der Waals surface area contributed by atoms with Crippen molar-refractivity contribution >= 4 is 12.0 Å². The fraction of sp³-hybridized carbons (Fsp3) is 0.480. The molecule has 0 aromatic heterocycles. The molecule has 0 spiro atoms. The van der Waals surface area contributed by atoms with Gasteiger partial charge < -0.3 is 14.7 Å². The van der Waals surface area contributed by atoms with E-state index in [1.165, 1.54) is 51.3 Å². The van der Waals surface area contributed by atoms with Crippen LogP contribution in [-0.2, 0) is 5.60 Å². The molecule has 1 aromatic carbocycles. The third-order valence-corrected chi connectivity index (χ3v) is 5.58. The number of rotatable bonds is 11. The molecule has 0 heterocycles. The van der Waals surface area contributed by atoms with Crippen molar-refractivity contribution in [3.63, 3.8) is 0 Å². The molecular weight excluding hydrogens is 436 g/mol. The van der Waals surface area contributed by atoms with Crippen LogP contribution in [0.5, 0.6) is 5.75 Å². The molecular formula is C25H34F4N2O2. The Morgan fingerprint density at radius 2 is 1.97 bits per heavy atom. The minimum absolute atomic E-state index is 0.0870. The van der Waals surface area contributed by atoms with E-state index in [9.17, 15) is 22.7 Å². The van der Waals surface area contributed by atoms with E-state index in [2.05, 4.69) is 11.6 Å². The molecule has 0 bridgehead atoms. The van der Waals surface area contributed by atoms with Crippen LogP contribution in [0.2, 0.25) is 0 Å². The highest BCUT2D eigenvalue weighted by Crippen LogP contribution is 2.50. The Labute approximate surface area is 194 Å². The van der Waals surface area contributed by atoms with Gasteiger partial charge in [-0.25, -0.2) is 4.99 Å². The molecule has 4 nitrogen and oxygen atoms in total. The van der Waals surface area contributed by atoms with E-state index in [-0.39, 0.29) is 17.7 Å². The molecule has 1 rings (SSSR count). The van der Waals surface area contributed by atoms with Gasteiger partial charge in [-0.3, -0.25) is 4.39 Å². The van der Waals surface area contributed by atoms with E-state index >= 15 is 0 Å². The Kier molecular flexibility index (Phi) is 10.4. The summed E-state index contributed by atoms with van der Waals surface area (Å²) in [5.74, 6) is -1.01. The van der Waals surface area contributed by atoms with E-state index in [4.69, 9.17) is 4.74 Å². The van der Waals surface area contributed by atoms with Crippen molar-refractivity contribution in [3.05, 3.63) is 59.2 Å². The van der Waals surface area contributed by atoms with Gasteiger partial charge in [0.05, 0.1) is 25.8 Å². The lowest BCUT2D eigenvalue weighted by Gasteiger charge is -2.35. The van der Waals surface area contributed by atoms with Crippen molar-refractivity contribution in [2.75, 3.05) is 27.4 Å². The van der Waals surface area contributed by atoms with Crippen LogP contribution in [0.15, 0.2) is 53.1 Å². The molecule has 33 heavy (non-hydrogen) atoms. The maximum absolute atomic E-state index is 14.6. The first kappa shape index (κ1) is 28.4. The number of benzene rings is 1. The smallest absolute Gasteiger partial charge is 0.425 e. The maximum Gasteiger partial charge on any atom is 0.425 e. The third-order valence-electron chi connectivity index (χ3n) is 5.58. The highest BCUT2D eigenvalue weighted by Gasteiger charge is 2.59. The molecule has 8 heteroatoms. The number of aryl methyl sites for hydroxylation is 1. The number of hydrogen-bond acceptors (Lipinski definition) is 3. The van der Waals surface area contributed by atoms with Gasteiger partial charge in [0, 0.05) is 31.1 Å². The van der Waals surface area contributed by atoms with Crippen LogP contribution in [-0.4, -0.2) is 49.9 Å². The molecule has 1 N–H and O–H groups in total. The molecule has 0 amide bonds. The Hall–Kier alpha value is -2.61. The van der Waals surface area contributed by atoms with Crippen molar-refractivity contribution in [1.29, 1.82) is 0 Å². The summed E-state index contributed by atoms with van der Waals surface area (Å²) in [6, 6.07) is 2.58. The summed E-state index contributed by atoms with van der Waals surface area (Å²) in [6.07, 6.45) is 0.877. The highest BCUT2D eigenvalue weighted by molar-refractivity contribution is 5.66. The van der Waals surface area contributed by atoms with E-state index in [0.29, 0.717) is 17.8 Å². The number of ether oxygens (including phenoxy) is 1. The van der Waals surface area contributed by atoms with Crippen molar-refractivity contribution < 1.29 is 27.4 Å². The highest BCUT2D eigenvalue weighted by atomic mass is 19.4. The molecule has 184 valence electrons. The van der Waals surface area contributed by atoms with Crippen LogP contribution in [0.3, 0.4) is 0 Å². The number of hydrogen-bond donors (Lipinski definition) is 1. The lowest BCUT2D eigenvalue weighted by molar-refractivity contribution is -0.249. The van der Waals surface area contributed by atoms with Gasteiger partial charge in [0.2, 0.25) is 5.60 Å². The Bertz CT molecular complexity index is 906. The average Bonchev–Trinajstić information content (AvgIpc) is 2.78. The maximum atomic E-state index is 14.6. The Morgan fingerprint density at radius 3 is 2.45 bits per heavy atom. The van der Waals surface area contributed by atoms with Crippen LogP contribution in [0, 0.1) is 12.8 Å². The van der Waals surface area contributed by atoms with Crippen molar-refractivity contribution in [2.24, 2.45) is 10.9 Å². The fourth-order valence-corrected chi connectivity index (χ4v) is 3.16. The summed E-state index contributed by atoms with van der Waals surface area (Å²) in [5, 5.41) is 11.4. The molecule has 0 aliphatic heterocycles. The summed E-state index contributed by atoms with van der Waals surface area (Å²) in [5.41, 5.74) is -3.45. The van der Waals surface area contributed by atoms with Crippen LogP contribution in [0.25, 0.3) is 0 Å². The zero-order chi connectivity index (χ0) is 25.4. The van der Waals surface area contributed by atoms with Gasteiger partial charge in [-0.1, -0.05) is 30.7 Å². The molecule has 0 fully saturated rings.